The molecule has 2 unspecified atom stereocenters. The number of rotatable bonds is 2. The Morgan fingerprint density at radius 1 is 1.13 bits per heavy atom. The van der Waals surface area contributed by atoms with Crippen LogP contribution in [0, 0.1) is 18.8 Å². The monoisotopic (exact) mass is 549 g/mol. The summed E-state index contributed by atoms with van der Waals surface area (Å²) in [6.45, 7) is 3.18. The molecule has 4 heterocycles. The van der Waals surface area contributed by atoms with Crippen molar-refractivity contribution < 1.29 is 13.7 Å². The molecule has 10 nitrogen and oxygen atoms in total. The molecule has 1 fully saturated rings. The number of ether oxygens (including phenoxy) is 1. The molecule has 2 aromatic heterocycles. The molecule has 3 aromatic rings. The Kier molecular flexibility index (Phi) is 6.41. The quantitative estimate of drug-likeness (QED) is 0.414. The van der Waals surface area contributed by atoms with Gasteiger partial charge >= 0.3 is 0 Å². The van der Waals surface area contributed by atoms with E-state index in [2.05, 4.69) is 30.0 Å². The lowest BCUT2D eigenvalue weighted by molar-refractivity contribution is 0.100. The van der Waals surface area contributed by atoms with E-state index < -0.39 is 10.1 Å². The Morgan fingerprint density at radius 2 is 1.95 bits per heavy atom. The number of carbonyl (C=O) groups is 1. The molecule has 1 aliphatic carbocycles. The Morgan fingerprint density at radius 3 is 2.77 bits per heavy atom. The van der Waals surface area contributed by atoms with Crippen molar-refractivity contribution in [2.45, 2.75) is 32.6 Å². The SMILES string of the molecule is Cc1cc2cc(n1)-c1cnn(C)c1OCCC1CCCC1CN1/C(=N/C2=O)Nc2ccc(N[SH](C)(C)=O)cc21. The van der Waals surface area contributed by atoms with Gasteiger partial charge in [0.25, 0.3) is 5.91 Å². The Bertz CT molecular complexity index is 1530. The molecule has 1 saturated carbocycles. The first-order valence-electron chi connectivity index (χ1n) is 13.4. The fourth-order valence-electron chi connectivity index (χ4n) is 5.96. The first-order chi connectivity index (χ1) is 18.6. The van der Waals surface area contributed by atoms with Gasteiger partial charge in [0.05, 0.1) is 35.4 Å². The van der Waals surface area contributed by atoms with Crippen LogP contribution < -0.4 is 19.7 Å². The minimum Gasteiger partial charge on any atom is -0.477 e. The van der Waals surface area contributed by atoms with Crippen molar-refractivity contribution in [2.24, 2.45) is 23.9 Å². The summed E-state index contributed by atoms with van der Waals surface area (Å²) in [6, 6.07) is 9.36. The summed E-state index contributed by atoms with van der Waals surface area (Å²) >= 11 is 0. The summed E-state index contributed by atoms with van der Waals surface area (Å²) in [7, 11) is -0.631. The van der Waals surface area contributed by atoms with Crippen molar-refractivity contribution in [3.63, 3.8) is 0 Å². The zero-order valence-corrected chi connectivity index (χ0v) is 23.7. The average molecular weight is 550 g/mol. The van der Waals surface area contributed by atoms with E-state index in [9.17, 15) is 9.00 Å². The molecule has 2 aliphatic heterocycles. The fourth-order valence-corrected chi connectivity index (χ4v) is 6.72. The van der Waals surface area contributed by atoms with Crippen LogP contribution in [0.3, 0.4) is 0 Å². The molecule has 206 valence electrons. The lowest BCUT2D eigenvalue weighted by Gasteiger charge is -2.27. The van der Waals surface area contributed by atoms with Crippen LogP contribution in [-0.2, 0) is 17.2 Å². The van der Waals surface area contributed by atoms with E-state index in [0.717, 1.165) is 54.9 Å². The molecular weight excluding hydrogens is 514 g/mol. The Labute approximate surface area is 229 Å². The number of aliphatic imine (C=N–C) groups is 1. The summed E-state index contributed by atoms with van der Waals surface area (Å²) in [5.41, 5.74) is 5.14. The van der Waals surface area contributed by atoms with Crippen LogP contribution in [0.1, 0.15) is 41.7 Å². The number of anilines is 3. The molecule has 2 N–H and O–H groups in total. The third kappa shape index (κ3) is 5.15. The van der Waals surface area contributed by atoms with Crippen LogP contribution in [0.2, 0.25) is 0 Å². The number of hydrogen-bond donors (Lipinski definition) is 3. The van der Waals surface area contributed by atoms with Crippen molar-refractivity contribution in [1.29, 1.82) is 0 Å². The normalized spacial score (nSPS) is 22.6. The molecule has 2 atom stereocenters. The second kappa shape index (κ2) is 9.78. The van der Waals surface area contributed by atoms with Gasteiger partial charge in [-0.25, -0.2) is 4.68 Å². The molecule has 11 heteroatoms. The molecule has 6 rings (SSSR count). The maximum Gasteiger partial charge on any atom is 0.280 e. The largest absolute Gasteiger partial charge is 0.477 e. The standard InChI is InChI=1S/C28H35N7O3S/c1-17-12-20-13-24(30-17)22-15-29-34(2)27(22)38-11-10-18-6-5-7-19(18)16-35-25-14-21(33-39(3,4)37)8-9-23(25)31-28(35)32-26(20)36/h8-9,12-15,18-19,39H,5-7,10-11,16H2,1-4H3,(H,33,37)(H,31,32,36). The molecule has 0 saturated heterocycles. The lowest BCUT2D eigenvalue weighted by Crippen LogP contribution is -2.37. The minimum absolute atomic E-state index is 0.351. The maximum absolute atomic E-state index is 13.6. The first-order valence-corrected chi connectivity index (χ1v) is 16.0. The van der Waals surface area contributed by atoms with Crippen molar-refractivity contribution in [3.8, 4) is 17.1 Å². The van der Waals surface area contributed by atoms with Crippen LogP contribution in [0.5, 0.6) is 5.88 Å². The van der Waals surface area contributed by atoms with E-state index in [1.54, 1.807) is 35.5 Å². The van der Waals surface area contributed by atoms with E-state index in [1.807, 2.05) is 32.2 Å². The van der Waals surface area contributed by atoms with Gasteiger partial charge in [0.15, 0.2) is 0 Å². The predicted octanol–water partition coefficient (Wildman–Crippen LogP) is 4.02. The summed E-state index contributed by atoms with van der Waals surface area (Å²) in [4.78, 5) is 25.0. The van der Waals surface area contributed by atoms with Gasteiger partial charge < -0.3 is 19.7 Å². The van der Waals surface area contributed by atoms with E-state index in [1.165, 1.54) is 0 Å². The lowest BCUT2D eigenvalue weighted by atomic mass is 9.92. The van der Waals surface area contributed by atoms with E-state index in [4.69, 9.17) is 4.74 Å². The number of aromatic nitrogens is 3. The van der Waals surface area contributed by atoms with Gasteiger partial charge in [-0.2, -0.15) is 10.1 Å². The van der Waals surface area contributed by atoms with Gasteiger partial charge in [-0.1, -0.05) is 6.42 Å². The van der Waals surface area contributed by atoms with Crippen LogP contribution in [0.25, 0.3) is 11.3 Å². The highest BCUT2D eigenvalue weighted by atomic mass is 32.3. The Balaban J connectivity index is 1.44. The van der Waals surface area contributed by atoms with Crippen LogP contribution in [0.4, 0.5) is 17.1 Å². The predicted molar refractivity (Wildman–Crippen MR) is 156 cm³/mol. The maximum atomic E-state index is 13.6. The number of amides is 1. The fraction of sp³-hybridized carbons (Fsp3) is 0.429. The number of fused-ring (bicyclic) bond motifs is 8. The minimum atomic E-state index is -2.49. The third-order valence-corrected chi connectivity index (χ3v) is 8.51. The zero-order valence-electron chi connectivity index (χ0n) is 22.8. The number of pyridine rings is 1. The smallest absolute Gasteiger partial charge is 0.280 e. The van der Waals surface area contributed by atoms with Crippen LogP contribution in [-0.4, -0.2) is 56.5 Å². The number of benzene rings is 1. The number of carbonyl (C=O) groups excluding carboxylic acids is 1. The molecular formula is C28H35N7O3S. The van der Waals surface area contributed by atoms with Crippen LogP contribution in [0.15, 0.2) is 41.5 Å². The Hall–Kier alpha value is -3.73. The topological polar surface area (TPSA) is 114 Å². The average Bonchev–Trinajstić information content (AvgIpc) is 3.56. The molecule has 0 spiro atoms. The van der Waals surface area contributed by atoms with E-state index in [-0.39, 0.29) is 5.91 Å². The number of nitrogens with one attached hydrogen (secondary N) is 2. The van der Waals surface area contributed by atoms with Gasteiger partial charge in [0.2, 0.25) is 11.8 Å². The summed E-state index contributed by atoms with van der Waals surface area (Å²) in [5.74, 6) is 1.72. The third-order valence-electron chi connectivity index (χ3n) is 7.72. The second-order valence-corrected chi connectivity index (χ2v) is 14.1. The van der Waals surface area contributed by atoms with Crippen molar-refractivity contribution in [1.82, 2.24) is 14.8 Å². The first kappa shape index (κ1) is 25.5. The number of thiol groups is 1. The van der Waals surface area contributed by atoms with Crippen LogP contribution >= 0.6 is 0 Å². The highest BCUT2D eigenvalue weighted by Gasteiger charge is 2.34. The van der Waals surface area contributed by atoms with Gasteiger partial charge in [-0.05, 0) is 78.5 Å². The number of guanidine groups is 1. The zero-order chi connectivity index (χ0) is 27.3. The van der Waals surface area contributed by atoms with Gasteiger partial charge in [0.1, 0.15) is 0 Å². The summed E-state index contributed by atoms with van der Waals surface area (Å²) in [5, 5.41) is 7.78. The highest BCUT2D eigenvalue weighted by Crippen LogP contribution is 2.41. The summed E-state index contributed by atoms with van der Waals surface area (Å²) in [6.07, 6.45) is 9.49. The molecule has 39 heavy (non-hydrogen) atoms. The molecule has 1 amide bonds. The van der Waals surface area contributed by atoms with Gasteiger partial charge in [-0.15, -0.1) is 0 Å². The number of hydrogen-bond acceptors (Lipinski definition) is 7. The van der Waals surface area contributed by atoms with E-state index >= 15 is 0 Å². The number of aryl methyl sites for hydroxylation is 2. The van der Waals surface area contributed by atoms with Gasteiger partial charge in [0, 0.05) is 43.0 Å². The second-order valence-electron chi connectivity index (χ2n) is 11.1. The summed E-state index contributed by atoms with van der Waals surface area (Å²) < 4.78 is 23.6. The molecule has 2 bridgehead atoms. The van der Waals surface area contributed by atoms with Crippen molar-refractivity contribution >= 4 is 39.0 Å². The molecule has 1 aromatic carbocycles. The van der Waals surface area contributed by atoms with Crippen molar-refractivity contribution in [3.05, 3.63) is 47.8 Å². The number of nitrogens with zero attached hydrogens (tertiary/aromatic N) is 5. The van der Waals surface area contributed by atoms with E-state index in [0.29, 0.717) is 47.2 Å². The molecule has 3 aliphatic rings. The molecule has 0 radical (unpaired) electrons. The highest BCUT2D eigenvalue weighted by molar-refractivity contribution is 8.02. The van der Waals surface area contributed by atoms with Gasteiger partial charge in [-0.3, -0.25) is 14.0 Å². The van der Waals surface area contributed by atoms with Crippen molar-refractivity contribution in [2.75, 3.05) is 40.6 Å².